The Balaban J connectivity index is 1.70. The maximum Gasteiger partial charge on any atom is 0.242 e. The molecule has 3 atom stereocenters. The maximum atomic E-state index is 13.2. The van der Waals surface area contributed by atoms with Gasteiger partial charge in [0.25, 0.3) is 0 Å². The Morgan fingerprint density at radius 2 is 1.81 bits per heavy atom. The van der Waals surface area contributed by atoms with Crippen molar-refractivity contribution >= 4 is 23.6 Å². The van der Waals surface area contributed by atoms with Crippen molar-refractivity contribution in [3.63, 3.8) is 0 Å². The molecule has 2 aliphatic rings. The molecule has 0 radical (unpaired) electrons. The summed E-state index contributed by atoms with van der Waals surface area (Å²) in [6, 6.07) is 7.15. The van der Waals surface area contributed by atoms with Crippen molar-refractivity contribution in [1.82, 2.24) is 15.1 Å². The lowest BCUT2D eigenvalue weighted by molar-refractivity contribution is -0.143. The van der Waals surface area contributed by atoms with Crippen LogP contribution in [0, 0.1) is 18.8 Å². The van der Waals surface area contributed by atoms with Gasteiger partial charge in [0.1, 0.15) is 6.04 Å². The molecular weight excluding hydrogens is 406 g/mol. The number of imide groups is 1. The van der Waals surface area contributed by atoms with Crippen LogP contribution in [-0.2, 0) is 25.7 Å². The van der Waals surface area contributed by atoms with Gasteiger partial charge >= 0.3 is 0 Å². The van der Waals surface area contributed by atoms with E-state index in [0.29, 0.717) is 19.4 Å². The van der Waals surface area contributed by atoms with Gasteiger partial charge in [0.2, 0.25) is 23.6 Å². The Morgan fingerprint density at radius 1 is 1.16 bits per heavy atom. The summed E-state index contributed by atoms with van der Waals surface area (Å²) < 4.78 is 0. The number of nitrogens with zero attached hydrogens (tertiary/aromatic N) is 2. The number of amides is 4. The summed E-state index contributed by atoms with van der Waals surface area (Å²) in [6.07, 6.45) is 5.85. The summed E-state index contributed by atoms with van der Waals surface area (Å²) >= 11 is 0. The molecule has 4 amide bonds. The second-order valence-electron chi connectivity index (χ2n) is 8.71. The van der Waals surface area contributed by atoms with Crippen molar-refractivity contribution in [2.75, 3.05) is 13.1 Å². The van der Waals surface area contributed by atoms with Gasteiger partial charge in [-0.15, -0.1) is 0 Å². The second kappa shape index (κ2) is 10.6. The SMILES string of the molecule is CCCNC(=O)[C@@H](C)N(Cc1cccc(C)c1)C(=O)CCN1C(=O)[C@H]2CC=CC[C@H]2C1=O. The predicted octanol–water partition coefficient (Wildman–Crippen LogP) is 2.58. The predicted molar refractivity (Wildman–Crippen MR) is 121 cm³/mol. The van der Waals surface area contributed by atoms with Crippen molar-refractivity contribution in [1.29, 1.82) is 0 Å². The Bertz CT molecular complexity index is 884. The maximum absolute atomic E-state index is 13.2. The number of hydrogen-bond acceptors (Lipinski definition) is 4. The molecule has 0 aromatic heterocycles. The minimum absolute atomic E-state index is 0.00155. The van der Waals surface area contributed by atoms with Crippen molar-refractivity contribution in [2.24, 2.45) is 11.8 Å². The topological polar surface area (TPSA) is 86.8 Å². The fourth-order valence-corrected chi connectivity index (χ4v) is 4.43. The third-order valence-electron chi connectivity index (χ3n) is 6.30. The van der Waals surface area contributed by atoms with Gasteiger partial charge in [0.15, 0.2) is 0 Å². The summed E-state index contributed by atoms with van der Waals surface area (Å²) in [5.74, 6) is -1.43. The first-order valence-electron chi connectivity index (χ1n) is 11.5. The van der Waals surface area contributed by atoms with E-state index < -0.39 is 6.04 Å². The zero-order chi connectivity index (χ0) is 23.3. The molecule has 32 heavy (non-hydrogen) atoms. The highest BCUT2D eigenvalue weighted by Crippen LogP contribution is 2.35. The molecule has 1 saturated heterocycles. The Labute approximate surface area is 189 Å². The first kappa shape index (κ1) is 23.7. The zero-order valence-corrected chi connectivity index (χ0v) is 19.2. The van der Waals surface area contributed by atoms with Gasteiger partial charge in [-0.05, 0) is 38.7 Å². The Morgan fingerprint density at radius 3 is 2.41 bits per heavy atom. The minimum Gasteiger partial charge on any atom is -0.354 e. The average molecular weight is 440 g/mol. The number of rotatable bonds is 9. The molecule has 1 fully saturated rings. The lowest BCUT2D eigenvalue weighted by Gasteiger charge is -2.29. The van der Waals surface area contributed by atoms with Crippen LogP contribution in [0.3, 0.4) is 0 Å². The molecule has 0 saturated carbocycles. The highest BCUT2D eigenvalue weighted by molar-refractivity contribution is 6.05. The van der Waals surface area contributed by atoms with Crippen LogP contribution in [0.25, 0.3) is 0 Å². The third-order valence-corrected chi connectivity index (χ3v) is 6.30. The molecule has 7 nitrogen and oxygen atoms in total. The third kappa shape index (κ3) is 5.26. The van der Waals surface area contributed by atoms with E-state index in [1.807, 2.05) is 50.3 Å². The average Bonchev–Trinajstić information content (AvgIpc) is 3.03. The van der Waals surface area contributed by atoms with Gasteiger partial charge in [0.05, 0.1) is 11.8 Å². The van der Waals surface area contributed by atoms with Crippen LogP contribution in [-0.4, -0.2) is 52.6 Å². The fourth-order valence-electron chi connectivity index (χ4n) is 4.43. The highest BCUT2D eigenvalue weighted by Gasteiger charge is 2.47. The first-order chi connectivity index (χ1) is 15.3. The van der Waals surface area contributed by atoms with Crippen molar-refractivity contribution < 1.29 is 19.2 Å². The number of fused-ring (bicyclic) bond motifs is 1. The highest BCUT2D eigenvalue weighted by atomic mass is 16.2. The van der Waals surface area contributed by atoms with Gasteiger partial charge in [-0.25, -0.2) is 0 Å². The van der Waals surface area contributed by atoms with Gasteiger partial charge < -0.3 is 10.2 Å². The van der Waals surface area contributed by atoms with E-state index in [-0.39, 0.29) is 55.0 Å². The van der Waals surface area contributed by atoms with Crippen LogP contribution in [0.2, 0.25) is 0 Å². The molecule has 3 rings (SSSR count). The van der Waals surface area contributed by atoms with Gasteiger partial charge in [-0.3, -0.25) is 24.1 Å². The largest absolute Gasteiger partial charge is 0.354 e. The minimum atomic E-state index is -0.661. The summed E-state index contributed by atoms with van der Waals surface area (Å²) in [7, 11) is 0. The Hall–Kier alpha value is -2.96. The Kier molecular flexibility index (Phi) is 7.83. The normalized spacial score (nSPS) is 20.8. The van der Waals surface area contributed by atoms with Crippen molar-refractivity contribution in [2.45, 2.75) is 59.0 Å². The second-order valence-corrected chi connectivity index (χ2v) is 8.71. The van der Waals surface area contributed by atoms with Crippen molar-refractivity contribution in [3.8, 4) is 0 Å². The van der Waals surface area contributed by atoms with Crippen LogP contribution in [0.4, 0.5) is 0 Å². The van der Waals surface area contributed by atoms with E-state index in [1.54, 1.807) is 11.8 Å². The quantitative estimate of drug-likeness (QED) is 0.473. The van der Waals surface area contributed by atoms with E-state index in [1.165, 1.54) is 4.90 Å². The molecule has 1 aromatic carbocycles. The molecule has 0 unspecified atom stereocenters. The summed E-state index contributed by atoms with van der Waals surface area (Å²) in [5, 5.41) is 2.85. The first-order valence-corrected chi connectivity index (χ1v) is 11.5. The van der Waals surface area contributed by atoms with Gasteiger partial charge in [-0.1, -0.05) is 48.9 Å². The van der Waals surface area contributed by atoms with E-state index in [2.05, 4.69) is 5.32 Å². The number of hydrogen-bond donors (Lipinski definition) is 1. The van der Waals surface area contributed by atoms with Crippen LogP contribution in [0.15, 0.2) is 36.4 Å². The number of allylic oxidation sites excluding steroid dienone is 2. The molecule has 1 N–H and O–H groups in total. The van der Waals surface area contributed by atoms with Crippen LogP contribution < -0.4 is 5.32 Å². The number of likely N-dealkylation sites (tertiary alicyclic amines) is 1. The monoisotopic (exact) mass is 439 g/mol. The number of nitrogens with one attached hydrogen (secondary N) is 1. The van der Waals surface area contributed by atoms with Crippen LogP contribution in [0.5, 0.6) is 0 Å². The lowest BCUT2D eigenvalue weighted by Crippen LogP contribution is -2.48. The zero-order valence-electron chi connectivity index (χ0n) is 19.2. The number of aryl methyl sites for hydroxylation is 1. The lowest BCUT2D eigenvalue weighted by atomic mass is 9.85. The van der Waals surface area contributed by atoms with Gasteiger partial charge in [0, 0.05) is 26.1 Å². The molecule has 1 aromatic rings. The summed E-state index contributed by atoms with van der Waals surface area (Å²) in [4.78, 5) is 54.0. The smallest absolute Gasteiger partial charge is 0.242 e. The molecule has 172 valence electrons. The number of benzene rings is 1. The van der Waals surface area contributed by atoms with Crippen LogP contribution >= 0.6 is 0 Å². The van der Waals surface area contributed by atoms with Crippen LogP contribution in [0.1, 0.15) is 50.7 Å². The summed E-state index contributed by atoms with van der Waals surface area (Å²) in [5.41, 5.74) is 2.00. The standard InChI is InChI=1S/C25H33N3O4/c1-4-13-26-23(30)18(3)28(16-19-9-7-8-17(2)15-19)22(29)12-14-27-24(31)20-10-5-6-11-21(20)25(27)32/h5-9,15,18,20-21H,4,10-14,16H2,1-3H3,(H,26,30)/t18-,20-,21+/m1/s1. The summed E-state index contributed by atoms with van der Waals surface area (Å²) in [6.45, 7) is 6.55. The van der Waals surface area contributed by atoms with E-state index in [4.69, 9.17) is 0 Å². The number of carbonyl (C=O) groups excluding carboxylic acids is 4. The molecule has 1 aliphatic carbocycles. The molecule has 1 aliphatic heterocycles. The van der Waals surface area contributed by atoms with Gasteiger partial charge in [-0.2, -0.15) is 0 Å². The van der Waals surface area contributed by atoms with E-state index in [9.17, 15) is 19.2 Å². The van der Waals surface area contributed by atoms with Crippen molar-refractivity contribution in [3.05, 3.63) is 47.5 Å². The molecule has 7 heteroatoms. The van der Waals surface area contributed by atoms with E-state index >= 15 is 0 Å². The molecular formula is C25H33N3O4. The molecule has 1 heterocycles. The molecule has 0 spiro atoms. The fraction of sp³-hybridized carbons (Fsp3) is 0.520. The van der Waals surface area contributed by atoms with E-state index in [0.717, 1.165) is 17.5 Å². The molecule has 0 bridgehead atoms. The number of carbonyl (C=O) groups is 4.